The van der Waals surface area contributed by atoms with Gasteiger partial charge in [-0.05, 0) is 86.0 Å². The van der Waals surface area contributed by atoms with Crippen molar-refractivity contribution in [2.24, 2.45) is 5.92 Å². The number of piperidine rings is 1. The third kappa shape index (κ3) is 7.45. The molecule has 1 amide bonds. The molecular weight excluding hydrogens is 465 g/mol. The molecule has 1 fully saturated rings. The minimum Gasteiger partial charge on any atom is -0.351 e. The smallest absolute Gasteiger partial charge is 0.244 e. The average molecular weight is 496 g/mol. The Labute approximate surface area is 217 Å². The quantitative estimate of drug-likeness (QED) is 0.334. The van der Waals surface area contributed by atoms with Gasteiger partial charge in [-0.25, -0.2) is 4.39 Å². The molecule has 1 saturated heterocycles. The molecule has 1 atom stereocenters. The van der Waals surface area contributed by atoms with Crippen molar-refractivity contribution in [3.05, 3.63) is 113 Å². The lowest BCUT2D eigenvalue weighted by atomic mass is 9.88. The number of carbonyl (C=O) groups excluding carboxylic acids is 2. The van der Waals surface area contributed by atoms with Crippen molar-refractivity contribution in [1.82, 2.24) is 10.2 Å². The maximum atomic E-state index is 13.2. The number of halogens is 1. The van der Waals surface area contributed by atoms with Gasteiger partial charge in [0.25, 0.3) is 0 Å². The highest BCUT2D eigenvalue weighted by atomic mass is 19.1. The van der Waals surface area contributed by atoms with E-state index in [1.165, 1.54) is 23.8 Å². The van der Waals surface area contributed by atoms with E-state index >= 15 is 0 Å². The number of likely N-dealkylation sites (tertiary alicyclic amines) is 1. The van der Waals surface area contributed by atoms with Crippen LogP contribution in [0.2, 0.25) is 0 Å². The second kappa shape index (κ2) is 12.8. The van der Waals surface area contributed by atoms with Crippen molar-refractivity contribution in [3.8, 4) is 6.07 Å². The molecular formula is C31H30FN3O2. The molecule has 1 aliphatic heterocycles. The fourth-order valence-corrected chi connectivity index (χ4v) is 4.75. The molecule has 0 aliphatic carbocycles. The maximum absolute atomic E-state index is 13.2. The van der Waals surface area contributed by atoms with E-state index in [1.807, 2.05) is 24.3 Å². The van der Waals surface area contributed by atoms with Gasteiger partial charge in [0.15, 0.2) is 5.78 Å². The Morgan fingerprint density at radius 1 is 1.03 bits per heavy atom. The zero-order valence-corrected chi connectivity index (χ0v) is 20.6. The number of nitrogens with one attached hydrogen (secondary N) is 1. The van der Waals surface area contributed by atoms with Crippen LogP contribution in [0.25, 0.3) is 6.08 Å². The lowest BCUT2D eigenvalue weighted by Gasteiger charge is -2.37. The van der Waals surface area contributed by atoms with E-state index in [2.05, 4.69) is 28.4 Å². The minimum atomic E-state index is -0.345. The Kier molecular flexibility index (Phi) is 8.96. The van der Waals surface area contributed by atoms with Crippen LogP contribution in [-0.2, 0) is 11.2 Å². The third-order valence-corrected chi connectivity index (χ3v) is 6.81. The molecule has 4 rings (SSSR count). The van der Waals surface area contributed by atoms with Gasteiger partial charge in [0, 0.05) is 30.1 Å². The second-order valence-corrected chi connectivity index (χ2v) is 9.34. The van der Waals surface area contributed by atoms with E-state index in [0.29, 0.717) is 17.7 Å². The van der Waals surface area contributed by atoms with Gasteiger partial charge < -0.3 is 5.32 Å². The molecule has 0 spiro atoms. The molecule has 1 N–H and O–H groups in total. The molecule has 1 aliphatic rings. The van der Waals surface area contributed by atoms with Gasteiger partial charge in [0.05, 0.1) is 11.6 Å². The summed E-state index contributed by atoms with van der Waals surface area (Å²) in [6, 6.07) is 25.2. The summed E-state index contributed by atoms with van der Waals surface area (Å²) in [6.07, 6.45) is 5.43. The summed E-state index contributed by atoms with van der Waals surface area (Å²) >= 11 is 0. The number of nitriles is 1. The molecule has 6 heteroatoms. The lowest BCUT2D eigenvalue weighted by Crippen LogP contribution is -2.49. The normalized spacial score (nSPS) is 15.2. The van der Waals surface area contributed by atoms with Gasteiger partial charge in [-0.2, -0.15) is 5.26 Å². The minimum absolute atomic E-state index is 0.0677. The molecule has 3 aromatic carbocycles. The van der Waals surface area contributed by atoms with Crippen LogP contribution >= 0.6 is 0 Å². The zero-order chi connectivity index (χ0) is 26.0. The van der Waals surface area contributed by atoms with Gasteiger partial charge in [-0.3, -0.25) is 14.5 Å². The standard InChI is InChI=1S/C31H30FN3O2/c32-28-12-10-26(11-13-28)31(37)27-15-17-35(18-16-27)29(20-23-5-2-1-3-6-23)22-34-30(36)14-9-24-7-4-8-25(19-24)21-33/h1-14,19,27,29H,15-18,20,22H2,(H,34,36)/b14-9+/t29-/m0/s1. The topological polar surface area (TPSA) is 73.2 Å². The van der Waals surface area contributed by atoms with Crippen molar-refractivity contribution in [3.63, 3.8) is 0 Å². The van der Waals surface area contributed by atoms with Crippen LogP contribution in [0, 0.1) is 23.1 Å². The van der Waals surface area contributed by atoms with E-state index in [4.69, 9.17) is 5.26 Å². The Bertz CT molecular complexity index is 1270. The number of carbonyl (C=O) groups is 2. The van der Waals surface area contributed by atoms with Crippen LogP contribution in [0.4, 0.5) is 4.39 Å². The van der Waals surface area contributed by atoms with Crippen molar-refractivity contribution >= 4 is 17.8 Å². The summed E-state index contributed by atoms with van der Waals surface area (Å²) in [5.74, 6) is -0.552. The number of rotatable bonds is 9. The van der Waals surface area contributed by atoms with E-state index in [9.17, 15) is 14.0 Å². The molecule has 0 bridgehead atoms. The maximum Gasteiger partial charge on any atom is 0.244 e. The Morgan fingerprint density at radius 3 is 2.46 bits per heavy atom. The lowest BCUT2D eigenvalue weighted by molar-refractivity contribution is -0.116. The van der Waals surface area contributed by atoms with E-state index in [1.54, 1.807) is 36.4 Å². The largest absolute Gasteiger partial charge is 0.351 e. The zero-order valence-electron chi connectivity index (χ0n) is 20.6. The molecule has 37 heavy (non-hydrogen) atoms. The molecule has 0 radical (unpaired) electrons. The highest BCUT2D eigenvalue weighted by molar-refractivity contribution is 5.97. The number of hydrogen-bond acceptors (Lipinski definition) is 4. The number of amides is 1. The van der Waals surface area contributed by atoms with E-state index < -0.39 is 0 Å². The molecule has 0 saturated carbocycles. The SMILES string of the molecule is N#Cc1cccc(/C=C/C(=O)NC[C@H](Cc2ccccc2)N2CCC(C(=O)c3ccc(F)cc3)CC2)c1. The van der Waals surface area contributed by atoms with E-state index in [0.717, 1.165) is 37.9 Å². The summed E-state index contributed by atoms with van der Waals surface area (Å²) in [6.45, 7) is 1.98. The fraction of sp³-hybridized carbons (Fsp3) is 0.258. The van der Waals surface area contributed by atoms with Gasteiger partial charge >= 0.3 is 0 Å². The monoisotopic (exact) mass is 495 g/mol. The molecule has 0 unspecified atom stereocenters. The molecule has 0 aromatic heterocycles. The van der Waals surface area contributed by atoms with Crippen LogP contribution < -0.4 is 5.32 Å². The number of benzene rings is 3. The highest BCUT2D eigenvalue weighted by Gasteiger charge is 2.29. The van der Waals surface area contributed by atoms with Crippen molar-refractivity contribution in [1.29, 1.82) is 5.26 Å². The average Bonchev–Trinajstić information content (AvgIpc) is 2.95. The van der Waals surface area contributed by atoms with Gasteiger partial charge in [0.2, 0.25) is 5.91 Å². The molecule has 1 heterocycles. The fourth-order valence-electron chi connectivity index (χ4n) is 4.75. The van der Waals surface area contributed by atoms with Crippen molar-refractivity contribution in [2.45, 2.75) is 25.3 Å². The van der Waals surface area contributed by atoms with E-state index in [-0.39, 0.29) is 29.5 Å². The predicted octanol–water partition coefficient (Wildman–Crippen LogP) is 5.03. The Morgan fingerprint density at radius 2 is 1.76 bits per heavy atom. The summed E-state index contributed by atoms with van der Waals surface area (Å²) in [7, 11) is 0. The van der Waals surface area contributed by atoms with Crippen molar-refractivity contribution < 1.29 is 14.0 Å². The summed E-state index contributed by atoms with van der Waals surface area (Å²) in [5.41, 5.74) is 3.09. The summed E-state index contributed by atoms with van der Waals surface area (Å²) in [5, 5.41) is 12.1. The first-order valence-corrected chi connectivity index (χ1v) is 12.6. The summed E-state index contributed by atoms with van der Waals surface area (Å²) < 4.78 is 13.2. The molecule has 5 nitrogen and oxygen atoms in total. The van der Waals surface area contributed by atoms with Crippen molar-refractivity contribution in [2.75, 3.05) is 19.6 Å². The van der Waals surface area contributed by atoms with Crippen LogP contribution in [-0.4, -0.2) is 42.3 Å². The third-order valence-electron chi connectivity index (χ3n) is 6.81. The molecule has 3 aromatic rings. The number of ketones is 1. The van der Waals surface area contributed by atoms with Gasteiger partial charge in [-0.1, -0.05) is 42.5 Å². The first kappa shape index (κ1) is 26.0. The number of hydrogen-bond donors (Lipinski definition) is 1. The summed E-state index contributed by atoms with van der Waals surface area (Å²) in [4.78, 5) is 27.8. The van der Waals surface area contributed by atoms with Crippen LogP contribution in [0.1, 0.15) is 39.9 Å². The Balaban J connectivity index is 1.37. The van der Waals surface area contributed by atoms with Crippen LogP contribution in [0.15, 0.2) is 84.9 Å². The van der Waals surface area contributed by atoms with Gasteiger partial charge in [0.1, 0.15) is 5.82 Å². The van der Waals surface area contributed by atoms with Crippen LogP contribution in [0.5, 0.6) is 0 Å². The molecule has 188 valence electrons. The second-order valence-electron chi connectivity index (χ2n) is 9.34. The Hall–Kier alpha value is -4.08. The predicted molar refractivity (Wildman–Crippen MR) is 142 cm³/mol. The first-order chi connectivity index (χ1) is 18.0. The van der Waals surface area contributed by atoms with Crippen LogP contribution in [0.3, 0.4) is 0 Å². The number of nitrogens with zero attached hydrogens (tertiary/aromatic N) is 2. The van der Waals surface area contributed by atoms with Gasteiger partial charge in [-0.15, -0.1) is 0 Å². The first-order valence-electron chi connectivity index (χ1n) is 12.6. The highest BCUT2D eigenvalue weighted by Crippen LogP contribution is 2.24. The number of Topliss-reactive ketones (excluding diaryl/α,β-unsaturated/α-hetero) is 1.